The number of carbonyl (C=O) groups excluding carboxylic acids is 2. The van der Waals surface area contributed by atoms with Crippen LogP contribution in [0.4, 0.5) is 0 Å². The number of hydrogen-bond donors (Lipinski definition) is 6. The van der Waals surface area contributed by atoms with E-state index in [1.807, 2.05) is 0 Å². The van der Waals surface area contributed by atoms with Gasteiger partial charge in [-0.1, -0.05) is 12.1 Å². The van der Waals surface area contributed by atoms with E-state index in [9.17, 15) is 30.0 Å². The summed E-state index contributed by atoms with van der Waals surface area (Å²) in [6.07, 6.45) is 3.18. The highest BCUT2D eigenvalue weighted by Crippen LogP contribution is 2.26. The molecule has 0 aliphatic carbocycles. The minimum atomic E-state index is -0.304. The van der Waals surface area contributed by atoms with Crippen molar-refractivity contribution < 1.29 is 30.0 Å². The quantitative estimate of drug-likeness (QED) is 0.180. The molecule has 0 heterocycles. The molecule has 0 bridgehead atoms. The van der Waals surface area contributed by atoms with Crippen LogP contribution in [0.25, 0.3) is 0 Å². The molecule has 2 aromatic rings. The summed E-state index contributed by atoms with van der Waals surface area (Å²) >= 11 is 0. The third-order valence-corrected chi connectivity index (χ3v) is 5.48. The molecule has 0 aromatic heterocycles. The lowest BCUT2D eigenvalue weighted by atomic mass is 10.1. The topological polar surface area (TPSA) is 156 Å². The fraction of sp³-hybridized carbons (Fsp3) is 0.440. The summed E-state index contributed by atoms with van der Waals surface area (Å²) in [5.74, 6) is -1.57. The van der Waals surface area contributed by atoms with E-state index >= 15 is 0 Å². The maximum absolute atomic E-state index is 12.9. The van der Waals surface area contributed by atoms with Crippen molar-refractivity contribution in [3.05, 3.63) is 47.5 Å². The molecule has 0 aliphatic rings. The number of imide groups is 1. The van der Waals surface area contributed by atoms with Crippen molar-refractivity contribution in [1.82, 2.24) is 10.2 Å². The van der Waals surface area contributed by atoms with Gasteiger partial charge in [0.25, 0.3) is 0 Å². The van der Waals surface area contributed by atoms with Crippen LogP contribution < -0.4 is 11.1 Å². The van der Waals surface area contributed by atoms with Gasteiger partial charge in [-0.3, -0.25) is 14.5 Å². The van der Waals surface area contributed by atoms with E-state index in [4.69, 9.17) is 5.73 Å². The number of rotatable bonds is 14. The molecule has 2 aromatic carbocycles. The van der Waals surface area contributed by atoms with Gasteiger partial charge in [0.15, 0.2) is 23.0 Å². The Labute approximate surface area is 199 Å². The molecule has 9 nitrogen and oxygen atoms in total. The molecule has 0 saturated carbocycles. The van der Waals surface area contributed by atoms with Crippen LogP contribution in [0.3, 0.4) is 0 Å². The standard InChI is InChI=1S/C25H35N3O6/c26-12-3-14-27-13-1-2-15-28(24(33)10-6-18-4-8-20(29)22(31)16-18)25(34)11-7-19-5-9-21(30)23(32)17-19/h4-5,8-9,16-17,27,29-32H,1-3,6-7,10-15,26H2. The number of amides is 2. The summed E-state index contributed by atoms with van der Waals surface area (Å²) in [7, 11) is 0. The van der Waals surface area contributed by atoms with Crippen molar-refractivity contribution in [2.75, 3.05) is 26.2 Å². The van der Waals surface area contributed by atoms with Gasteiger partial charge in [0.2, 0.25) is 11.8 Å². The number of nitrogens with one attached hydrogen (secondary N) is 1. The lowest BCUT2D eigenvalue weighted by molar-refractivity contribution is -0.144. The van der Waals surface area contributed by atoms with Crippen LogP contribution >= 0.6 is 0 Å². The maximum atomic E-state index is 12.9. The number of nitrogens with zero attached hydrogens (tertiary/aromatic N) is 1. The number of aromatic hydroxyl groups is 4. The number of hydrogen-bond acceptors (Lipinski definition) is 8. The van der Waals surface area contributed by atoms with Gasteiger partial charge in [0.1, 0.15) is 0 Å². The van der Waals surface area contributed by atoms with Crippen molar-refractivity contribution in [2.45, 2.75) is 44.9 Å². The molecule has 0 unspecified atom stereocenters. The molecule has 0 fully saturated rings. The number of benzene rings is 2. The van der Waals surface area contributed by atoms with E-state index in [1.54, 1.807) is 12.1 Å². The minimum absolute atomic E-state index is 0.0880. The normalized spacial score (nSPS) is 10.9. The fourth-order valence-corrected chi connectivity index (χ4v) is 3.48. The molecule has 0 aliphatic heterocycles. The highest BCUT2D eigenvalue weighted by Gasteiger charge is 2.21. The van der Waals surface area contributed by atoms with E-state index in [0.717, 1.165) is 25.9 Å². The Bertz CT molecular complexity index is 883. The lowest BCUT2D eigenvalue weighted by Gasteiger charge is -2.21. The van der Waals surface area contributed by atoms with Crippen LogP contribution in [0.2, 0.25) is 0 Å². The number of phenols is 4. The Kier molecular flexibility index (Phi) is 11.2. The van der Waals surface area contributed by atoms with E-state index in [0.29, 0.717) is 43.5 Å². The molecular formula is C25H35N3O6. The van der Waals surface area contributed by atoms with Gasteiger partial charge in [0, 0.05) is 19.4 Å². The molecule has 34 heavy (non-hydrogen) atoms. The van der Waals surface area contributed by atoms with Crippen molar-refractivity contribution >= 4 is 11.8 Å². The Morgan fingerprint density at radius 2 is 1.24 bits per heavy atom. The van der Waals surface area contributed by atoms with E-state index in [-0.39, 0.29) is 47.7 Å². The largest absolute Gasteiger partial charge is 0.504 e. The minimum Gasteiger partial charge on any atom is -0.504 e. The molecule has 0 saturated heterocycles. The average Bonchev–Trinajstić information content (AvgIpc) is 2.82. The van der Waals surface area contributed by atoms with Gasteiger partial charge in [-0.2, -0.15) is 0 Å². The second-order valence-corrected chi connectivity index (χ2v) is 8.18. The zero-order chi connectivity index (χ0) is 24.9. The van der Waals surface area contributed by atoms with Crippen LogP contribution in [0.15, 0.2) is 36.4 Å². The third-order valence-electron chi connectivity index (χ3n) is 5.48. The summed E-state index contributed by atoms with van der Waals surface area (Å²) in [6, 6.07) is 8.78. The van der Waals surface area contributed by atoms with Crippen molar-refractivity contribution in [3.8, 4) is 23.0 Å². The highest BCUT2D eigenvalue weighted by molar-refractivity contribution is 5.95. The summed E-state index contributed by atoms with van der Waals surface area (Å²) in [6.45, 7) is 2.53. The predicted octanol–water partition coefficient (Wildman–Crippen LogP) is 2.15. The molecule has 0 spiro atoms. The first-order valence-electron chi connectivity index (χ1n) is 11.6. The summed E-state index contributed by atoms with van der Waals surface area (Å²) in [4.78, 5) is 27.1. The van der Waals surface area contributed by atoms with E-state index in [1.165, 1.54) is 29.2 Å². The second-order valence-electron chi connectivity index (χ2n) is 8.18. The van der Waals surface area contributed by atoms with Crippen LogP contribution in [-0.4, -0.2) is 63.3 Å². The second kappa shape index (κ2) is 14.1. The SMILES string of the molecule is NCCCNCCCCN(C(=O)CCc1ccc(O)c(O)c1)C(=O)CCc1ccc(O)c(O)c1. The molecule has 9 heteroatoms. The smallest absolute Gasteiger partial charge is 0.229 e. The van der Waals surface area contributed by atoms with Crippen molar-refractivity contribution in [2.24, 2.45) is 5.73 Å². The van der Waals surface area contributed by atoms with Crippen LogP contribution in [0.5, 0.6) is 23.0 Å². The van der Waals surface area contributed by atoms with Crippen molar-refractivity contribution in [3.63, 3.8) is 0 Å². The number of phenolic OH excluding ortho intramolecular Hbond substituents is 4. The molecule has 0 radical (unpaired) electrons. The Hall–Kier alpha value is -3.30. The first kappa shape index (κ1) is 26.9. The molecule has 2 amide bonds. The van der Waals surface area contributed by atoms with Gasteiger partial charge >= 0.3 is 0 Å². The molecule has 186 valence electrons. The van der Waals surface area contributed by atoms with Gasteiger partial charge in [-0.15, -0.1) is 0 Å². The predicted molar refractivity (Wildman–Crippen MR) is 129 cm³/mol. The highest BCUT2D eigenvalue weighted by atomic mass is 16.3. The number of carbonyl (C=O) groups is 2. The van der Waals surface area contributed by atoms with Gasteiger partial charge in [-0.25, -0.2) is 0 Å². The van der Waals surface area contributed by atoms with Crippen LogP contribution in [0, 0.1) is 0 Å². The zero-order valence-electron chi connectivity index (χ0n) is 19.4. The molecular weight excluding hydrogens is 438 g/mol. The van der Waals surface area contributed by atoms with Crippen LogP contribution in [-0.2, 0) is 22.4 Å². The lowest BCUT2D eigenvalue weighted by Crippen LogP contribution is -2.38. The van der Waals surface area contributed by atoms with E-state index < -0.39 is 0 Å². The van der Waals surface area contributed by atoms with Crippen molar-refractivity contribution in [1.29, 1.82) is 0 Å². The van der Waals surface area contributed by atoms with E-state index in [2.05, 4.69) is 5.32 Å². The maximum Gasteiger partial charge on any atom is 0.229 e. The third kappa shape index (κ3) is 8.92. The Morgan fingerprint density at radius 3 is 1.71 bits per heavy atom. The van der Waals surface area contributed by atoms with Gasteiger partial charge < -0.3 is 31.5 Å². The first-order chi connectivity index (χ1) is 16.3. The number of aryl methyl sites for hydroxylation is 2. The number of unbranched alkanes of at least 4 members (excludes halogenated alkanes) is 1. The molecule has 2 rings (SSSR count). The van der Waals surface area contributed by atoms with Gasteiger partial charge in [0.05, 0.1) is 0 Å². The van der Waals surface area contributed by atoms with Gasteiger partial charge in [-0.05, 0) is 87.1 Å². The fourth-order valence-electron chi connectivity index (χ4n) is 3.48. The summed E-state index contributed by atoms with van der Waals surface area (Å²) in [5.41, 5.74) is 6.83. The first-order valence-corrected chi connectivity index (χ1v) is 11.6. The zero-order valence-corrected chi connectivity index (χ0v) is 19.4. The number of nitrogens with two attached hydrogens (primary N) is 1. The Morgan fingerprint density at radius 1 is 0.735 bits per heavy atom. The summed E-state index contributed by atoms with van der Waals surface area (Å²) < 4.78 is 0. The molecule has 7 N–H and O–H groups in total. The summed E-state index contributed by atoms with van der Waals surface area (Å²) in [5, 5.41) is 41.5. The van der Waals surface area contributed by atoms with Crippen LogP contribution in [0.1, 0.15) is 43.2 Å². The average molecular weight is 474 g/mol. The molecule has 0 atom stereocenters. The monoisotopic (exact) mass is 473 g/mol. The Balaban J connectivity index is 1.95.